The van der Waals surface area contributed by atoms with Gasteiger partial charge < -0.3 is 9.80 Å². The minimum absolute atomic E-state index is 0.645. The summed E-state index contributed by atoms with van der Waals surface area (Å²) < 4.78 is 0. The summed E-state index contributed by atoms with van der Waals surface area (Å²) in [5.41, 5.74) is 0. The van der Waals surface area contributed by atoms with Gasteiger partial charge in [-0.25, -0.2) is 0 Å². The number of unbranched alkanes of at least 4 members (excludes halogenated alkanes) is 11. The third-order valence-electron chi connectivity index (χ3n) is 5.53. The molecule has 0 fully saturated rings. The normalized spacial score (nSPS) is 17.0. The standard InChI is InChI=1S/C23H46N2/c1-4-7-9-11-12-13-14-16-18-23-24(19-6-3)21-22-25(23)20-17-15-10-8-5-2/h21-23H,4-20H2,1-3H3. The lowest BCUT2D eigenvalue weighted by atomic mass is 10.1. The van der Waals surface area contributed by atoms with Gasteiger partial charge in [0.2, 0.25) is 0 Å². The van der Waals surface area contributed by atoms with Gasteiger partial charge in [0, 0.05) is 25.5 Å². The second kappa shape index (κ2) is 15.6. The van der Waals surface area contributed by atoms with Crippen molar-refractivity contribution >= 4 is 0 Å². The highest BCUT2D eigenvalue weighted by molar-refractivity contribution is 4.96. The average molecular weight is 351 g/mol. The highest BCUT2D eigenvalue weighted by Gasteiger charge is 2.24. The van der Waals surface area contributed by atoms with E-state index in [1.165, 1.54) is 109 Å². The first kappa shape index (κ1) is 22.4. The number of rotatable bonds is 17. The molecule has 0 aromatic rings. The van der Waals surface area contributed by atoms with Crippen LogP contribution in [0.4, 0.5) is 0 Å². The molecule has 0 bridgehead atoms. The molecule has 0 aromatic heterocycles. The summed E-state index contributed by atoms with van der Waals surface area (Å²) in [6, 6.07) is 0. The fourth-order valence-corrected chi connectivity index (χ4v) is 3.96. The summed E-state index contributed by atoms with van der Waals surface area (Å²) in [5.74, 6) is 0. The lowest BCUT2D eigenvalue weighted by Crippen LogP contribution is -2.39. The van der Waals surface area contributed by atoms with E-state index in [4.69, 9.17) is 0 Å². The molecule has 1 aliphatic heterocycles. The zero-order valence-electron chi connectivity index (χ0n) is 17.6. The third-order valence-corrected chi connectivity index (χ3v) is 5.53. The molecule has 0 N–H and O–H groups in total. The highest BCUT2D eigenvalue weighted by atomic mass is 15.4. The van der Waals surface area contributed by atoms with Gasteiger partial charge in [0.05, 0.1) is 0 Å². The summed E-state index contributed by atoms with van der Waals surface area (Å²) in [4.78, 5) is 5.22. The third kappa shape index (κ3) is 10.2. The maximum absolute atomic E-state index is 2.63. The fourth-order valence-electron chi connectivity index (χ4n) is 3.96. The van der Waals surface area contributed by atoms with Crippen molar-refractivity contribution in [3.63, 3.8) is 0 Å². The van der Waals surface area contributed by atoms with Crippen molar-refractivity contribution in [2.75, 3.05) is 13.1 Å². The minimum Gasteiger partial charge on any atom is -0.356 e. The quantitative estimate of drug-likeness (QED) is 0.254. The maximum atomic E-state index is 2.63. The minimum atomic E-state index is 0.645. The molecule has 0 aromatic carbocycles. The van der Waals surface area contributed by atoms with E-state index in [0.717, 1.165) is 0 Å². The van der Waals surface area contributed by atoms with Crippen molar-refractivity contribution in [2.24, 2.45) is 0 Å². The summed E-state index contributed by atoms with van der Waals surface area (Å²) in [5, 5.41) is 0. The SMILES string of the molecule is CCCCCCCCCCC1N(CCC)C=CN1CCCCCCC. The Labute approximate surface area is 159 Å². The van der Waals surface area contributed by atoms with Crippen molar-refractivity contribution in [1.29, 1.82) is 0 Å². The van der Waals surface area contributed by atoms with Crippen LogP contribution in [0.25, 0.3) is 0 Å². The second-order valence-electron chi connectivity index (χ2n) is 7.93. The molecule has 25 heavy (non-hydrogen) atoms. The van der Waals surface area contributed by atoms with Gasteiger partial charge in [-0.3, -0.25) is 0 Å². The molecule has 0 spiro atoms. The number of hydrogen-bond acceptors (Lipinski definition) is 2. The van der Waals surface area contributed by atoms with E-state index in [1.807, 2.05) is 0 Å². The lowest BCUT2D eigenvalue weighted by Gasteiger charge is -2.33. The van der Waals surface area contributed by atoms with Crippen LogP contribution in [0.2, 0.25) is 0 Å². The van der Waals surface area contributed by atoms with Crippen molar-refractivity contribution in [3.8, 4) is 0 Å². The molecule has 0 saturated heterocycles. The van der Waals surface area contributed by atoms with Crippen molar-refractivity contribution in [1.82, 2.24) is 9.80 Å². The van der Waals surface area contributed by atoms with Crippen LogP contribution >= 0.6 is 0 Å². The Hall–Kier alpha value is -0.660. The molecule has 1 heterocycles. The fraction of sp³-hybridized carbons (Fsp3) is 0.913. The van der Waals surface area contributed by atoms with Crippen molar-refractivity contribution in [2.45, 2.75) is 123 Å². The molecule has 2 nitrogen and oxygen atoms in total. The van der Waals surface area contributed by atoms with E-state index in [2.05, 4.69) is 43.0 Å². The molecule has 1 unspecified atom stereocenters. The van der Waals surface area contributed by atoms with E-state index in [-0.39, 0.29) is 0 Å². The smallest absolute Gasteiger partial charge is 0.101 e. The Morgan fingerprint density at radius 2 is 1.00 bits per heavy atom. The van der Waals surface area contributed by atoms with Crippen molar-refractivity contribution in [3.05, 3.63) is 12.4 Å². The predicted molar refractivity (Wildman–Crippen MR) is 113 cm³/mol. The molecule has 0 radical (unpaired) electrons. The van der Waals surface area contributed by atoms with E-state index in [9.17, 15) is 0 Å². The van der Waals surface area contributed by atoms with E-state index >= 15 is 0 Å². The molecular formula is C23H46N2. The van der Waals surface area contributed by atoms with Crippen LogP contribution in [-0.4, -0.2) is 29.1 Å². The van der Waals surface area contributed by atoms with E-state index in [1.54, 1.807) is 0 Å². The molecule has 0 saturated carbocycles. The Morgan fingerprint density at radius 3 is 1.56 bits per heavy atom. The van der Waals surface area contributed by atoms with Crippen LogP contribution < -0.4 is 0 Å². The van der Waals surface area contributed by atoms with Gasteiger partial charge in [-0.15, -0.1) is 0 Å². The van der Waals surface area contributed by atoms with Crippen LogP contribution in [0, 0.1) is 0 Å². The van der Waals surface area contributed by atoms with Gasteiger partial charge in [0.25, 0.3) is 0 Å². The molecule has 1 atom stereocenters. The topological polar surface area (TPSA) is 6.48 Å². The Balaban J connectivity index is 2.20. The number of nitrogens with zero attached hydrogens (tertiary/aromatic N) is 2. The second-order valence-corrected chi connectivity index (χ2v) is 7.93. The summed E-state index contributed by atoms with van der Waals surface area (Å²) >= 11 is 0. The zero-order chi connectivity index (χ0) is 18.2. The van der Waals surface area contributed by atoms with Crippen molar-refractivity contribution < 1.29 is 0 Å². The summed E-state index contributed by atoms with van der Waals surface area (Å²) in [7, 11) is 0. The Bertz CT molecular complexity index is 313. The Morgan fingerprint density at radius 1 is 0.520 bits per heavy atom. The van der Waals surface area contributed by atoms with Gasteiger partial charge in [-0.2, -0.15) is 0 Å². The lowest BCUT2D eigenvalue weighted by molar-refractivity contribution is 0.137. The number of hydrogen-bond donors (Lipinski definition) is 0. The molecule has 0 aliphatic carbocycles. The molecule has 1 aliphatic rings. The summed E-state index contributed by atoms with van der Waals surface area (Å²) in [6.45, 7) is 9.36. The van der Waals surface area contributed by atoms with Gasteiger partial charge in [-0.05, 0) is 25.7 Å². The molecule has 0 amide bonds. The van der Waals surface area contributed by atoms with Gasteiger partial charge >= 0.3 is 0 Å². The van der Waals surface area contributed by atoms with Crippen LogP contribution in [0.5, 0.6) is 0 Å². The largest absolute Gasteiger partial charge is 0.356 e. The van der Waals surface area contributed by atoms with E-state index < -0.39 is 0 Å². The van der Waals surface area contributed by atoms with Gasteiger partial charge in [-0.1, -0.05) is 91.4 Å². The molecular weight excluding hydrogens is 304 g/mol. The van der Waals surface area contributed by atoms with Crippen LogP contribution in [-0.2, 0) is 0 Å². The van der Waals surface area contributed by atoms with Gasteiger partial charge in [0.15, 0.2) is 0 Å². The maximum Gasteiger partial charge on any atom is 0.101 e. The monoisotopic (exact) mass is 350 g/mol. The van der Waals surface area contributed by atoms with E-state index in [0.29, 0.717) is 6.17 Å². The first-order chi connectivity index (χ1) is 12.3. The first-order valence-corrected chi connectivity index (χ1v) is 11.5. The molecule has 2 heteroatoms. The van der Waals surface area contributed by atoms with Gasteiger partial charge in [0.1, 0.15) is 6.17 Å². The Kier molecular flexibility index (Phi) is 14.0. The molecule has 148 valence electrons. The van der Waals surface area contributed by atoms with Crippen LogP contribution in [0.15, 0.2) is 12.4 Å². The average Bonchev–Trinajstić information content (AvgIpc) is 2.99. The highest BCUT2D eigenvalue weighted by Crippen LogP contribution is 2.23. The van der Waals surface area contributed by atoms with Crippen LogP contribution in [0.3, 0.4) is 0 Å². The summed E-state index contributed by atoms with van der Waals surface area (Å²) in [6.07, 6.45) is 26.3. The first-order valence-electron chi connectivity index (χ1n) is 11.5. The van der Waals surface area contributed by atoms with Crippen LogP contribution in [0.1, 0.15) is 117 Å². The molecule has 1 rings (SSSR count). The zero-order valence-corrected chi connectivity index (χ0v) is 17.6. The predicted octanol–water partition coefficient (Wildman–Crippen LogP) is 7.31.